The zero-order valence-corrected chi connectivity index (χ0v) is 10.2. The molecule has 0 spiro atoms. The van der Waals surface area contributed by atoms with Gasteiger partial charge in [-0.05, 0) is 0 Å². The minimum absolute atomic E-state index is 0.0790. The highest BCUT2D eigenvalue weighted by atomic mass is 32.2. The summed E-state index contributed by atoms with van der Waals surface area (Å²) in [7, 11) is 0. The van der Waals surface area contributed by atoms with Crippen LogP contribution in [0.3, 0.4) is 0 Å². The van der Waals surface area contributed by atoms with Crippen molar-refractivity contribution >= 4 is 22.9 Å². The fourth-order valence-corrected chi connectivity index (χ4v) is 2.37. The van der Waals surface area contributed by atoms with Crippen molar-refractivity contribution in [3.8, 4) is 0 Å². The van der Waals surface area contributed by atoms with E-state index in [0.29, 0.717) is 17.3 Å². The SMILES string of the molecule is Fc1nc(F)c(F)c(Sc2ncnc3nc[nH]c23)c1F. The highest BCUT2D eigenvalue weighted by Gasteiger charge is 2.23. The lowest BCUT2D eigenvalue weighted by Crippen LogP contribution is -2.02. The molecule has 3 rings (SSSR count). The molecule has 5 nitrogen and oxygen atoms in total. The van der Waals surface area contributed by atoms with E-state index < -0.39 is 28.4 Å². The Balaban J connectivity index is 2.14. The fourth-order valence-electron chi connectivity index (χ4n) is 1.47. The van der Waals surface area contributed by atoms with Gasteiger partial charge in [0.05, 0.1) is 11.2 Å². The first-order valence-electron chi connectivity index (χ1n) is 5.10. The molecule has 0 aromatic carbocycles. The molecular weight excluding hydrogens is 298 g/mol. The molecule has 0 aliphatic carbocycles. The molecule has 20 heavy (non-hydrogen) atoms. The summed E-state index contributed by atoms with van der Waals surface area (Å²) in [6.07, 6.45) is 2.43. The molecule has 0 saturated carbocycles. The van der Waals surface area contributed by atoms with Gasteiger partial charge in [0, 0.05) is 0 Å². The van der Waals surface area contributed by atoms with Crippen molar-refractivity contribution in [1.29, 1.82) is 0 Å². The summed E-state index contributed by atoms with van der Waals surface area (Å²) in [6, 6.07) is 0. The van der Waals surface area contributed by atoms with E-state index in [0.717, 1.165) is 6.33 Å². The summed E-state index contributed by atoms with van der Waals surface area (Å²) >= 11 is 0.411. The van der Waals surface area contributed by atoms with Crippen LogP contribution in [0, 0.1) is 23.5 Å². The van der Waals surface area contributed by atoms with Crippen LogP contribution < -0.4 is 0 Å². The van der Waals surface area contributed by atoms with Gasteiger partial charge in [0.15, 0.2) is 17.3 Å². The lowest BCUT2D eigenvalue weighted by Gasteiger charge is -2.05. The topological polar surface area (TPSA) is 67.3 Å². The quantitative estimate of drug-likeness (QED) is 0.447. The van der Waals surface area contributed by atoms with E-state index in [1.807, 2.05) is 0 Å². The van der Waals surface area contributed by atoms with Crippen molar-refractivity contribution in [2.75, 3.05) is 0 Å². The zero-order chi connectivity index (χ0) is 14.3. The molecule has 102 valence electrons. The van der Waals surface area contributed by atoms with Gasteiger partial charge in [-0.15, -0.1) is 0 Å². The Labute approximate surface area is 112 Å². The minimum Gasteiger partial charge on any atom is -0.341 e. The molecule has 0 aliphatic heterocycles. The van der Waals surface area contributed by atoms with E-state index in [2.05, 4.69) is 24.9 Å². The maximum Gasteiger partial charge on any atom is 0.252 e. The van der Waals surface area contributed by atoms with Crippen molar-refractivity contribution in [2.45, 2.75) is 9.92 Å². The Morgan fingerprint density at radius 3 is 2.35 bits per heavy atom. The average Bonchev–Trinajstić information content (AvgIpc) is 2.90. The van der Waals surface area contributed by atoms with Crippen molar-refractivity contribution in [3.63, 3.8) is 0 Å². The number of fused-ring (bicyclic) bond motifs is 1. The number of pyridine rings is 1. The van der Waals surface area contributed by atoms with Gasteiger partial charge in [-0.3, -0.25) is 0 Å². The first-order chi connectivity index (χ1) is 9.58. The summed E-state index contributed by atoms with van der Waals surface area (Å²) in [6.45, 7) is 0. The fraction of sp³-hybridized carbons (Fsp3) is 0. The van der Waals surface area contributed by atoms with Crippen LogP contribution in [0.25, 0.3) is 11.2 Å². The Kier molecular flexibility index (Phi) is 3.01. The third-order valence-corrected chi connectivity index (χ3v) is 3.41. The number of rotatable bonds is 2. The molecule has 3 heterocycles. The van der Waals surface area contributed by atoms with Crippen LogP contribution in [0.4, 0.5) is 17.6 Å². The molecule has 0 atom stereocenters. The van der Waals surface area contributed by atoms with Gasteiger partial charge < -0.3 is 4.98 Å². The number of hydrogen-bond acceptors (Lipinski definition) is 5. The smallest absolute Gasteiger partial charge is 0.252 e. The molecule has 10 heteroatoms. The Morgan fingerprint density at radius 2 is 1.65 bits per heavy atom. The van der Waals surface area contributed by atoms with Crippen LogP contribution in [-0.2, 0) is 0 Å². The molecule has 3 aromatic rings. The van der Waals surface area contributed by atoms with E-state index in [1.165, 1.54) is 6.33 Å². The maximum atomic E-state index is 13.5. The molecule has 3 aromatic heterocycles. The van der Waals surface area contributed by atoms with E-state index >= 15 is 0 Å². The van der Waals surface area contributed by atoms with E-state index in [9.17, 15) is 17.6 Å². The maximum absolute atomic E-state index is 13.5. The molecule has 0 unspecified atom stereocenters. The van der Waals surface area contributed by atoms with Crippen LogP contribution in [0.1, 0.15) is 0 Å². The largest absolute Gasteiger partial charge is 0.341 e. The number of nitrogens with one attached hydrogen (secondary N) is 1. The lowest BCUT2D eigenvalue weighted by molar-refractivity contribution is 0.383. The van der Waals surface area contributed by atoms with Crippen LogP contribution in [-0.4, -0.2) is 24.9 Å². The Morgan fingerprint density at radius 1 is 0.950 bits per heavy atom. The van der Waals surface area contributed by atoms with Crippen molar-refractivity contribution < 1.29 is 17.6 Å². The van der Waals surface area contributed by atoms with Crippen molar-refractivity contribution in [1.82, 2.24) is 24.9 Å². The second-order valence-corrected chi connectivity index (χ2v) is 4.53. The predicted octanol–water partition coefficient (Wildman–Crippen LogP) is 2.46. The third kappa shape index (κ3) is 1.97. The van der Waals surface area contributed by atoms with Gasteiger partial charge in [0.2, 0.25) is 0 Å². The van der Waals surface area contributed by atoms with Gasteiger partial charge >= 0.3 is 0 Å². The molecule has 0 bridgehead atoms. The number of hydrogen-bond donors (Lipinski definition) is 1. The summed E-state index contributed by atoms with van der Waals surface area (Å²) < 4.78 is 53.1. The molecule has 0 aliphatic rings. The molecule has 0 fully saturated rings. The summed E-state index contributed by atoms with van der Waals surface area (Å²) in [4.78, 5) is 15.7. The molecular formula is C10H3F4N5S. The van der Waals surface area contributed by atoms with Gasteiger partial charge in [0.25, 0.3) is 11.9 Å². The molecule has 0 amide bonds. The monoisotopic (exact) mass is 301 g/mol. The highest BCUT2D eigenvalue weighted by Crippen LogP contribution is 2.34. The van der Waals surface area contributed by atoms with Crippen LogP contribution in [0.5, 0.6) is 0 Å². The summed E-state index contributed by atoms with van der Waals surface area (Å²) in [5, 5.41) is 0.0790. The number of halogens is 4. The Bertz CT molecular complexity index is 779. The molecule has 1 N–H and O–H groups in total. The number of aromatic amines is 1. The highest BCUT2D eigenvalue weighted by molar-refractivity contribution is 7.99. The average molecular weight is 301 g/mol. The number of H-pyrrole nitrogens is 1. The minimum atomic E-state index is -1.72. The normalized spacial score (nSPS) is 11.2. The Hall–Kier alpha value is -2.23. The van der Waals surface area contributed by atoms with Crippen LogP contribution in [0.15, 0.2) is 22.6 Å². The van der Waals surface area contributed by atoms with Crippen molar-refractivity contribution in [3.05, 3.63) is 36.2 Å². The standard InChI is InChI=1S/C10H3F4N5S/c11-3-6(4(12)8(14)19-7(3)13)20-10-5-9(16-1-15-5)17-2-18-10/h1-2H,(H,15,16,17,18). The van der Waals surface area contributed by atoms with E-state index in [-0.39, 0.29) is 10.7 Å². The van der Waals surface area contributed by atoms with Gasteiger partial charge in [0.1, 0.15) is 16.9 Å². The second kappa shape index (κ2) is 4.71. The number of nitrogens with zero attached hydrogens (tertiary/aromatic N) is 4. The van der Waals surface area contributed by atoms with E-state index in [1.54, 1.807) is 0 Å². The van der Waals surface area contributed by atoms with Crippen LogP contribution in [0.2, 0.25) is 0 Å². The molecule has 0 saturated heterocycles. The van der Waals surface area contributed by atoms with Gasteiger partial charge in [-0.25, -0.2) is 23.7 Å². The summed E-state index contributed by atoms with van der Waals surface area (Å²) in [5.41, 5.74) is 0.562. The summed E-state index contributed by atoms with van der Waals surface area (Å²) in [5.74, 6) is -6.61. The number of aromatic nitrogens is 5. The van der Waals surface area contributed by atoms with Crippen LogP contribution >= 0.6 is 11.8 Å². The van der Waals surface area contributed by atoms with Gasteiger partial charge in [-0.2, -0.15) is 13.8 Å². The first-order valence-corrected chi connectivity index (χ1v) is 5.91. The van der Waals surface area contributed by atoms with Crippen molar-refractivity contribution in [2.24, 2.45) is 0 Å². The zero-order valence-electron chi connectivity index (χ0n) is 9.36. The first kappa shape index (κ1) is 12.8. The lowest BCUT2D eigenvalue weighted by atomic mass is 10.4. The number of imidazole rings is 1. The molecule has 0 radical (unpaired) electrons. The van der Waals surface area contributed by atoms with E-state index in [4.69, 9.17) is 0 Å². The third-order valence-electron chi connectivity index (χ3n) is 2.34. The predicted molar refractivity (Wildman–Crippen MR) is 59.9 cm³/mol. The second-order valence-electron chi connectivity index (χ2n) is 3.53. The van der Waals surface area contributed by atoms with Gasteiger partial charge in [-0.1, -0.05) is 11.8 Å².